The molecule has 1 fully saturated rings. The maximum Gasteiger partial charge on any atom is 0.410 e. The van der Waals surface area contributed by atoms with Crippen molar-refractivity contribution < 1.29 is 33.3 Å². The van der Waals surface area contributed by atoms with Crippen molar-refractivity contribution in [2.75, 3.05) is 13.2 Å². The highest BCUT2D eigenvalue weighted by Gasteiger charge is 2.39. The third-order valence-electron chi connectivity index (χ3n) is 5.21. The van der Waals surface area contributed by atoms with Gasteiger partial charge in [-0.3, -0.25) is 0 Å². The van der Waals surface area contributed by atoms with Gasteiger partial charge in [0.1, 0.15) is 6.10 Å². The van der Waals surface area contributed by atoms with Gasteiger partial charge in [0, 0.05) is 23.0 Å². The number of aromatic carboxylic acids is 1. The molecule has 0 aliphatic carbocycles. The number of nitrogens with zero attached hydrogens (tertiary/aromatic N) is 1. The fourth-order valence-electron chi connectivity index (χ4n) is 3.38. The molecule has 1 heterocycles. The Kier molecular flexibility index (Phi) is 7.63. The minimum atomic E-state index is -3.51. The first-order valence-electron chi connectivity index (χ1n) is 9.94. The standard InChI is InChI=1S/C23H22BrF2NO5/c24-18-3-1-2-17(14-18)23(25,26)20(28)9-8-19-11-13-32-22(31)27(19)12-10-15-4-6-16(7-5-15)21(29)30/h1-9,14,19-20,28H,10-13H2,(H,29,30)/t19-,20+/m0/s1. The molecular formula is C23H22BrF2NO5. The van der Waals surface area contributed by atoms with E-state index in [-0.39, 0.29) is 24.3 Å². The highest BCUT2D eigenvalue weighted by atomic mass is 79.9. The predicted octanol–water partition coefficient (Wildman–Crippen LogP) is 4.61. The normalized spacial score (nSPS) is 17.9. The maximum absolute atomic E-state index is 14.6. The molecule has 0 spiro atoms. The lowest BCUT2D eigenvalue weighted by molar-refractivity contribution is -0.0930. The van der Waals surface area contributed by atoms with Crippen molar-refractivity contribution in [2.24, 2.45) is 0 Å². The molecule has 6 nitrogen and oxygen atoms in total. The Balaban J connectivity index is 1.68. The molecule has 1 aliphatic rings. The van der Waals surface area contributed by atoms with Gasteiger partial charge in [0.15, 0.2) is 0 Å². The van der Waals surface area contributed by atoms with Gasteiger partial charge in [-0.2, -0.15) is 8.78 Å². The number of hydrogen-bond donors (Lipinski definition) is 2. The number of carboxylic acid groups (broad SMARTS) is 1. The van der Waals surface area contributed by atoms with Gasteiger partial charge >= 0.3 is 18.0 Å². The van der Waals surface area contributed by atoms with Crippen molar-refractivity contribution in [3.63, 3.8) is 0 Å². The summed E-state index contributed by atoms with van der Waals surface area (Å²) in [5.41, 5.74) is 0.651. The highest BCUT2D eigenvalue weighted by molar-refractivity contribution is 9.10. The van der Waals surface area contributed by atoms with Gasteiger partial charge in [-0.05, 0) is 36.2 Å². The smallest absolute Gasteiger partial charge is 0.410 e. The number of rotatable bonds is 8. The van der Waals surface area contributed by atoms with Crippen molar-refractivity contribution in [2.45, 2.75) is 30.9 Å². The molecule has 1 aliphatic heterocycles. The van der Waals surface area contributed by atoms with E-state index in [1.807, 2.05) is 0 Å². The Hall–Kier alpha value is -2.78. The Labute approximate surface area is 192 Å². The molecule has 0 radical (unpaired) electrons. The molecule has 2 atom stereocenters. The van der Waals surface area contributed by atoms with E-state index in [1.165, 1.54) is 41.3 Å². The number of halogens is 3. The second-order valence-corrected chi connectivity index (χ2v) is 8.29. The lowest BCUT2D eigenvalue weighted by atomic mass is 10.0. The summed E-state index contributed by atoms with van der Waals surface area (Å²) in [5.74, 6) is -4.54. The van der Waals surface area contributed by atoms with Gasteiger partial charge in [-0.1, -0.05) is 52.3 Å². The number of aliphatic hydroxyl groups excluding tert-OH is 1. The first-order valence-corrected chi connectivity index (χ1v) is 10.7. The summed E-state index contributed by atoms with van der Waals surface area (Å²) in [7, 11) is 0. The van der Waals surface area contributed by atoms with Crippen molar-refractivity contribution in [3.05, 3.63) is 81.8 Å². The number of carbonyl (C=O) groups is 2. The summed E-state index contributed by atoms with van der Waals surface area (Å²) in [6.07, 6.45) is 0.607. The first kappa shape index (κ1) is 23.9. The summed E-state index contributed by atoms with van der Waals surface area (Å²) in [5, 5.41) is 19.1. The molecule has 2 N–H and O–H groups in total. The van der Waals surface area contributed by atoms with E-state index in [0.29, 0.717) is 17.3 Å². The number of benzene rings is 2. The molecule has 0 saturated carbocycles. The van der Waals surface area contributed by atoms with E-state index >= 15 is 0 Å². The Morgan fingerprint density at radius 2 is 2.00 bits per heavy atom. The molecule has 1 amide bonds. The fourth-order valence-corrected chi connectivity index (χ4v) is 3.78. The zero-order chi connectivity index (χ0) is 23.3. The number of carboxylic acids is 1. The molecule has 0 aromatic heterocycles. The third kappa shape index (κ3) is 5.72. The topological polar surface area (TPSA) is 87.1 Å². The molecule has 1 saturated heterocycles. The quantitative estimate of drug-likeness (QED) is 0.507. The number of alkyl halides is 2. The molecule has 9 heteroatoms. The number of ether oxygens (including phenoxy) is 1. The van der Waals surface area contributed by atoms with Crippen LogP contribution < -0.4 is 0 Å². The van der Waals surface area contributed by atoms with Crippen LogP contribution in [-0.2, 0) is 17.1 Å². The SMILES string of the molecule is O=C(O)c1ccc(CCN2C(=O)OCC[C@@H]2C=C[C@@H](O)C(F)(F)c2cccc(Br)c2)cc1. The van der Waals surface area contributed by atoms with E-state index < -0.39 is 30.1 Å². The summed E-state index contributed by atoms with van der Waals surface area (Å²) < 4.78 is 34.8. The van der Waals surface area contributed by atoms with Crippen LogP contribution in [0.1, 0.15) is 27.9 Å². The minimum absolute atomic E-state index is 0.149. The molecule has 32 heavy (non-hydrogen) atoms. The molecule has 2 aromatic carbocycles. The summed E-state index contributed by atoms with van der Waals surface area (Å²) >= 11 is 3.15. The molecule has 170 valence electrons. The number of cyclic esters (lactones) is 1. The van der Waals surface area contributed by atoms with Crippen LogP contribution in [0.4, 0.5) is 13.6 Å². The van der Waals surface area contributed by atoms with Crippen LogP contribution in [0, 0.1) is 0 Å². The van der Waals surface area contributed by atoms with Gasteiger partial charge in [0.2, 0.25) is 0 Å². The first-order chi connectivity index (χ1) is 15.2. The van der Waals surface area contributed by atoms with Crippen LogP contribution in [0.5, 0.6) is 0 Å². The average Bonchev–Trinajstić information content (AvgIpc) is 2.77. The van der Waals surface area contributed by atoms with Gasteiger partial charge in [0.05, 0.1) is 18.2 Å². The van der Waals surface area contributed by atoms with Gasteiger partial charge in [-0.25, -0.2) is 9.59 Å². The van der Waals surface area contributed by atoms with Crippen molar-refractivity contribution in [3.8, 4) is 0 Å². The van der Waals surface area contributed by atoms with E-state index in [0.717, 1.165) is 11.6 Å². The van der Waals surface area contributed by atoms with E-state index in [4.69, 9.17) is 9.84 Å². The van der Waals surface area contributed by atoms with Gasteiger partial charge in [0.25, 0.3) is 0 Å². The highest BCUT2D eigenvalue weighted by Crippen LogP contribution is 2.34. The van der Waals surface area contributed by atoms with E-state index in [1.54, 1.807) is 18.2 Å². The zero-order valence-corrected chi connectivity index (χ0v) is 18.5. The van der Waals surface area contributed by atoms with Gasteiger partial charge in [-0.15, -0.1) is 0 Å². The van der Waals surface area contributed by atoms with Crippen molar-refractivity contribution in [1.82, 2.24) is 4.90 Å². The third-order valence-corrected chi connectivity index (χ3v) is 5.71. The number of amides is 1. The minimum Gasteiger partial charge on any atom is -0.478 e. The molecule has 3 rings (SSSR count). The zero-order valence-electron chi connectivity index (χ0n) is 17.0. The summed E-state index contributed by atoms with van der Waals surface area (Å²) in [6, 6.07) is 11.3. The van der Waals surface area contributed by atoms with Crippen LogP contribution in [0.2, 0.25) is 0 Å². The van der Waals surface area contributed by atoms with Crippen LogP contribution in [0.25, 0.3) is 0 Å². The Morgan fingerprint density at radius 1 is 1.28 bits per heavy atom. The average molecular weight is 510 g/mol. The Morgan fingerprint density at radius 3 is 2.66 bits per heavy atom. The van der Waals surface area contributed by atoms with E-state index in [2.05, 4.69) is 15.9 Å². The lowest BCUT2D eigenvalue weighted by Gasteiger charge is -2.33. The maximum atomic E-state index is 14.6. The van der Waals surface area contributed by atoms with Gasteiger partial charge < -0.3 is 19.8 Å². The number of aliphatic hydroxyl groups is 1. The number of hydrogen-bond acceptors (Lipinski definition) is 4. The van der Waals surface area contributed by atoms with Crippen LogP contribution in [-0.4, -0.2) is 52.5 Å². The summed E-state index contributed by atoms with van der Waals surface area (Å²) in [4.78, 5) is 24.6. The number of carbonyl (C=O) groups excluding carboxylic acids is 1. The second-order valence-electron chi connectivity index (χ2n) is 7.38. The fraction of sp³-hybridized carbons (Fsp3) is 0.304. The van der Waals surface area contributed by atoms with Crippen LogP contribution >= 0.6 is 15.9 Å². The lowest BCUT2D eigenvalue weighted by Crippen LogP contribution is -2.45. The Bertz CT molecular complexity index is 996. The van der Waals surface area contributed by atoms with E-state index in [9.17, 15) is 23.5 Å². The second kappa shape index (κ2) is 10.2. The predicted molar refractivity (Wildman–Crippen MR) is 117 cm³/mol. The van der Waals surface area contributed by atoms with Crippen molar-refractivity contribution in [1.29, 1.82) is 0 Å². The molecule has 2 aromatic rings. The molecule has 0 bridgehead atoms. The monoisotopic (exact) mass is 509 g/mol. The molecular weight excluding hydrogens is 488 g/mol. The van der Waals surface area contributed by atoms with Crippen LogP contribution in [0.15, 0.2) is 65.2 Å². The molecule has 0 unspecified atom stereocenters. The summed E-state index contributed by atoms with van der Waals surface area (Å²) in [6.45, 7) is 0.397. The van der Waals surface area contributed by atoms with Crippen molar-refractivity contribution >= 4 is 28.0 Å². The largest absolute Gasteiger partial charge is 0.478 e. The van der Waals surface area contributed by atoms with Crippen LogP contribution in [0.3, 0.4) is 0 Å².